The molecule has 1 saturated heterocycles. The summed E-state index contributed by atoms with van der Waals surface area (Å²) in [5.74, 6) is -1.43. The zero-order valence-electron chi connectivity index (χ0n) is 19.1. The molecule has 4 rings (SSSR count). The molecule has 1 atom stereocenters. The smallest absolute Gasteiger partial charge is 0.300 e. The highest BCUT2D eigenvalue weighted by atomic mass is 35.5. The Morgan fingerprint density at radius 2 is 1.62 bits per heavy atom. The number of amides is 1. The molecule has 3 aromatic rings. The summed E-state index contributed by atoms with van der Waals surface area (Å²) in [6.45, 7) is 5.59. The number of carbonyl (C=O) groups excluding carboxylic acids is 2. The van der Waals surface area contributed by atoms with Gasteiger partial charge >= 0.3 is 0 Å². The maximum Gasteiger partial charge on any atom is 0.300 e. The van der Waals surface area contributed by atoms with Crippen LogP contribution in [0.5, 0.6) is 5.75 Å². The third-order valence-corrected chi connectivity index (χ3v) is 6.60. The van der Waals surface area contributed by atoms with E-state index >= 15 is 0 Å². The standard InChI is InChI=1S/C27H23Cl2NO4/c1-14-11-16(3)26(34-4)20(12-14)24(31)22-23(17-6-8-18(28)9-7-17)30(27(33)25(22)32)19-10-5-15(2)21(29)13-19/h5-13,23,31H,1-4H3/b24-22+. The third kappa shape index (κ3) is 4.06. The number of ketones is 1. The number of carbonyl (C=O) groups is 2. The number of methoxy groups -OCH3 is 1. The number of hydrogen-bond acceptors (Lipinski definition) is 4. The molecule has 174 valence electrons. The van der Waals surface area contributed by atoms with Gasteiger partial charge in [-0.15, -0.1) is 0 Å². The highest BCUT2D eigenvalue weighted by molar-refractivity contribution is 6.52. The Morgan fingerprint density at radius 3 is 2.24 bits per heavy atom. The Hall–Kier alpha value is -3.28. The van der Waals surface area contributed by atoms with Crippen LogP contribution in [-0.2, 0) is 9.59 Å². The number of aryl methyl sites for hydroxylation is 3. The number of ether oxygens (including phenoxy) is 1. The highest BCUT2D eigenvalue weighted by Crippen LogP contribution is 2.44. The molecule has 1 unspecified atom stereocenters. The van der Waals surface area contributed by atoms with Gasteiger partial charge in [0.25, 0.3) is 11.7 Å². The third-order valence-electron chi connectivity index (χ3n) is 5.94. The Labute approximate surface area is 208 Å². The molecule has 0 bridgehead atoms. The van der Waals surface area contributed by atoms with Crippen LogP contribution >= 0.6 is 23.2 Å². The fourth-order valence-electron chi connectivity index (χ4n) is 4.34. The van der Waals surface area contributed by atoms with Crippen molar-refractivity contribution in [2.75, 3.05) is 12.0 Å². The van der Waals surface area contributed by atoms with Gasteiger partial charge in [-0.2, -0.15) is 0 Å². The molecule has 0 radical (unpaired) electrons. The van der Waals surface area contributed by atoms with Crippen molar-refractivity contribution in [1.29, 1.82) is 0 Å². The number of hydrogen-bond donors (Lipinski definition) is 1. The van der Waals surface area contributed by atoms with Crippen molar-refractivity contribution in [2.24, 2.45) is 0 Å². The van der Waals surface area contributed by atoms with Crippen LogP contribution in [0.2, 0.25) is 10.0 Å². The Morgan fingerprint density at radius 1 is 0.941 bits per heavy atom. The highest BCUT2D eigenvalue weighted by Gasteiger charge is 2.47. The van der Waals surface area contributed by atoms with Gasteiger partial charge in [-0.3, -0.25) is 14.5 Å². The van der Waals surface area contributed by atoms with Crippen molar-refractivity contribution in [3.05, 3.63) is 98.0 Å². The van der Waals surface area contributed by atoms with Gasteiger partial charge in [-0.05, 0) is 73.4 Å². The average molecular weight is 496 g/mol. The van der Waals surface area contributed by atoms with Crippen LogP contribution in [0.4, 0.5) is 5.69 Å². The monoisotopic (exact) mass is 495 g/mol. The normalized spacial score (nSPS) is 17.4. The molecular weight excluding hydrogens is 473 g/mol. The molecule has 0 aromatic heterocycles. The number of halogens is 2. The number of anilines is 1. The number of nitrogens with zero attached hydrogens (tertiary/aromatic N) is 1. The Bertz CT molecular complexity index is 1350. The predicted octanol–water partition coefficient (Wildman–Crippen LogP) is 6.55. The summed E-state index contributed by atoms with van der Waals surface area (Å²) in [6, 6.07) is 14.7. The lowest BCUT2D eigenvalue weighted by molar-refractivity contribution is -0.132. The number of benzene rings is 3. The summed E-state index contributed by atoms with van der Waals surface area (Å²) in [5.41, 5.74) is 3.89. The summed E-state index contributed by atoms with van der Waals surface area (Å²) in [7, 11) is 1.50. The first kappa shape index (κ1) is 23.9. The topological polar surface area (TPSA) is 66.8 Å². The first-order chi connectivity index (χ1) is 16.1. The molecule has 5 nitrogen and oxygen atoms in total. The number of aliphatic hydroxyl groups is 1. The van der Waals surface area contributed by atoms with Crippen molar-refractivity contribution < 1.29 is 19.4 Å². The molecule has 3 aromatic carbocycles. The fourth-order valence-corrected chi connectivity index (χ4v) is 4.64. The van der Waals surface area contributed by atoms with Gasteiger partial charge in [-0.1, -0.05) is 47.5 Å². The van der Waals surface area contributed by atoms with E-state index < -0.39 is 17.7 Å². The summed E-state index contributed by atoms with van der Waals surface area (Å²) in [5, 5.41) is 12.4. The maximum absolute atomic E-state index is 13.4. The predicted molar refractivity (Wildman–Crippen MR) is 135 cm³/mol. The molecule has 1 heterocycles. The van der Waals surface area contributed by atoms with Crippen LogP contribution in [0.3, 0.4) is 0 Å². The largest absolute Gasteiger partial charge is 0.507 e. The molecule has 1 N–H and O–H groups in total. The van der Waals surface area contributed by atoms with Crippen LogP contribution in [-0.4, -0.2) is 23.9 Å². The van der Waals surface area contributed by atoms with Gasteiger partial charge in [-0.25, -0.2) is 0 Å². The first-order valence-electron chi connectivity index (χ1n) is 10.6. The Kier molecular flexibility index (Phi) is 6.43. The molecule has 34 heavy (non-hydrogen) atoms. The number of rotatable bonds is 4. The van der Waals surface area contributed by atoms with Gasteiger partial charge < -0.3 is 9.84 Å². The van der Waals surface area contributed by atoms with Crippen LogP contribution < -0.4 is 9.64 Å². The van der Waals surface area contributed by atoms with Crippen molar-refractivity contribution in [3.8, 4) is 5.75 Å². The van der Waals surface area contributed by atoms with E-state index in [1.54, 1.807) is 48.5 Å². The van der Waals surface area contributed by atoms with E-state index in [1.165, 1.54) is 12.0 Å². The lowest BCUT2D eigenvalue weighted by Gasteiger charge is -2.26. The van der Waals surface area contributed by atoms with Crippen LogP contribution in [0.25, 0.3) is 5.76 Å². The lowest BCUT2D eigenvalue weighted by atomic mass is 9.93. The Balaban J connectivity index is 2.01. The van der Waals surface area contributed by atoms with Crippen molar-refractivity contribution in [3.63, 3.8) is 0 Å². The molecule has 7 heteroatoms. The van der Waals surface area contributed by atoms with Gasteiger partial charge in [0.1, 0.15) is 11.5 Å². The summed E-state index contributed by atoms with van der Waals surface area (Å²) in [4.78, 5) is 28.0. The van der Waals surface area contributed by atoms with Crippen molar-refractivity contribution in [2.45, 2.75) is 26.8 Å². The van der Waals surface area contributed by atoms with Crippen molar-refractivity contribution >= 4 is 46.3 Å². The average Bonchev–Trinajstić information content (AvgIpc) is 3.06. The molecule has 1 amide bonds. The van der Waals surface area contributed by atoms with E-state index in [0.29, 0.717) is 32.6 Å². The fraction of sp³-hybridized carbons (Fsp3) is 0.185. The molecule has 0 spiro atoms. The second kappa shape index (κ2) is 9.16. The number of Topliss-reactive ketones (excluding diaryl/α,β-unsaturated/α-hetero) is 1. The molecule has 1 fully saturated rings. The molecule has 1 aliphatic heterocycles. The van der Waals surface area contributed by atoms with Gasteiger partial charge in [0, 0.05) is 15.7 Å². The summed E-state index contributed by atoms with van der Waals surface area (Å²) < 4.78 is 5.53. The quantitative estimate of drug-likeness (QED) is 0.253. The SMILES string of the molecule is COc1c(C)cc(C)cc1/C(O)=C1\C(=O)C(=O)N(c2ccc(C)c(Cl)c2)C1c1ccc(Cl)cc1. The van der Waals surface area contributed by atoms with E-state index in [4.69, 9.17) is 27.9 Å². The van der Waals surface area contributed by atoms with Crippen molar-refractivity contribution in [1.82, 2.24) is 0 Å². The zero-order valence-corrected chi connectivity index (χ0v) is 20.7. The molecule has 0 aliphatic carbocycles. The second-order valence-corrected chi connectivity index (χ2v) is 9.16. The van der Waals surface area contributed by atoms with E-state index in [-0.39, 0.29) is 11.3 Å². The first-order valence-corrected chi connectivity index (χ1v) is 11.4. The van der Waals surface area contributed by atoms with E-state index in [9.17, 15) is 14.7 Å². The van der Waals surface area contributed by atoms with E-state index in [1.807, 2.05) is 26.8 Å². The molecule has 0 saturated carbocycles. The minimum atomic E-state index is -0.887. The summed E-state index contributed by atoms with van der Waals surface area (Å²) >= 11 is 12.4. The zero-order chi connectivity index (χ0) is 24.7. The minimum Gasteiger partial charge on any atom is -0.507 e. The van der Waals surface area contributed by atoms with Crippen LogP contribution in [0, 0.1) is 20.8 Å². The second-order valence-electron chi connectivity index (χ2n) is 8.32. The minimum absolute atomic E-state index is 0.0349. The van der Waals surface area contributed by atoms with E-state index in [2.05, 4.69) is 0 Å². The van der Waals surface area contributed by atoms with Crippen LogP contribution in [0.1, 0.15) is 33.9 Å². The van der Waals surface area contributed by atoms with Gasteiger partial charge in [0.2, 0.25) is 0 Å². The van der Waals surface area contributed by atoms with Gasteiger partial charge in [0.05, 0.1) is 24.3 Å². The lowest BCUT2D eigenvalue weighted by Crippen LogP contribution is -2.29. The number of aliphatic hydroxyl groups excluding tert-OH is 1. The molecular formula is C27H23Cl2NO4. The summed E-state index contributed by atoms with van der Waals surface area (Å²) in [6.07, 6.45) is 0. The maximum atomic E-state index is 13.4. The van der Waals surface area contributed by atoms with Crippen LogP contribution in [0.15, 0.2) is 60.2 Å². The van der Waals surface area contributed by atoms with Gasteiger partial charge in [0.15, 0.2) is 0 Å². The van der Waals surface area contributed by atoms with E-state index in [0.717, 1.165) is 16.7 Å². The molecule has 1 aliphatic rings.